The Morgan fingerprint density at radius 2 is 1.45 bits per heavy atom. The minimum atomic E-state index is -0.646. The Morgan fingerprint density at radius 1 is 0.848 bits per heavy atom. The maximum atomic E-state index is 9.87. The molecule has 0 aromatic carbocycles. The quantitative estimate of drug-likeness (QED) is 0.247. The number of nitrogens with zero attached hydrogens (tertiary/aromatic N) is 1. The second-order valence-electron chi connectivity index (χ2n) is 12.3. The highest BCUT2D eigenvalue weighted by molar-refractivity contribution is 4.92. The lowest BCUT2D eigenvalue weighted by Crippen LogP contribution is -2.38. The molecular weight excluding hydrogens is 410 g/mol. The van der Waals surface area contributed by atoms with Gasteiger partial charge in [-0.1, -0.05) is 12.8 Å². The van der Waals surface area contributed by atoms with Gasteiger partial charge < -0.3 is 26.2 Å². The number of aliphatic hydroxyl groups excluding tert-OH is 2. The number of nitrogens with one attached hydrogen (secondary N) is 1. The Labute approximate surface area is 203 Å². The molecule has 4 aliphatic rings. The molecule has 0 aromatic heterocycles. The molecule has 7 atom stereocenters. The van der Waals surface area contributed by atoms with Crippen molar-refractivity contribution >= 4 is 0 Å². The van der Waals surface area contributed by atoms with E-state index >= 15 is 0 Å². The monoisotopic (exact) mass is 463 g/mol. The number of nitrogens with two attached hydrogens (primary N) is 1. The van der Waals surface area contributed by atoms with E-state index in [1.165, 1.54) is 77.0 Å². The molecule has 7 unspecified atom stereocenters. The molecule has 0 heterocycles. The van der Waals surface area contributed by atoms with Gasteiger partial charge in [0.15, 0.2) is 0 Å². The summed E-state index contributed by atoms with van der Waals surface area (Å²) < 4.78 is 0. The van der Waals surface area contributed by atoms with E-state index < -0.39 is 6.10 Å². The topological polar surface area (TPSA) is 81.8 Å². The van der Waals surface area contributed by atoms with Gasteiger partial charge in [-0.3, -0.25) is 0 Å². The SMILES string of the molecule is NCCCN(CCCNC(CCC1CC2CCC1C2)CCC1CC2CCC1C2)CC(O)CO. The zero-order chi connectivity index (χ0) is 23.0. The van der Waals surface area contributed by atoms with Crippen LogP contribution in [0.5, 0.6) is 0 Å². The first-order valence-corrected chi connectivity index (χ1v) is 14.6. The summed E-state index contributed by atoms with van der Waals surface area (Å²) in [5.41, 5.74) is 5.70. The largest absolute Gasteiger partial charge is 0.394 e. The van der Waals surface area contributed by atoms with Crippen molar-refractivity contribution in [2.75, 3.05) is 39.3 Å². The zero-order valence-corrected chi connectivity index (χ0v) is 21.2. The van der Waals surface area contributed by atoms with Crippen molar-refractivity contribution in [1.82, 2.24) is 10.2 Å². The summed E-state index contributed by atoms with van der Waals surface area (Å²) in [5, 5.41) is 23.1. The van der Waals surface area contributed by atoms with Crippen molar-refractivity contribution in [1.29, 1.82) is 0 Å². The Balaban J connectivity index is 1.19. The van der Waals surface area contributed by atoms with E-state index in [1.54, 1.807) is 0 Å². The van der Waals surface area contributed by atoms with Crippen LogP contribution in [0.25, 0.3) is 0 Å². The molecule has 4 fully saturated rings. The highest BCUT2D eigenvalue weighted by Gasteiger charge is 2.40. The van der Waals surface area contributed by atoms with Gasteiger partial charge in [-0.2, -0.15) is 0 Å². The van der Waals surface area contributed by atoms with Crippen LogP contribution in [-0.2, 0) is 0 Å². The van der Waals surface area contributed by atoms with Crippen molar-refractivity contribution in [3.05, 3.63) is 0 Å². The van der Waals surface area contributed by atoms with Crippen LogP contribution < -0.4 is 11.1 Å². The van der Waals surface area contributed by atoms with Crippen LogP contribution in [0, 0.1) is 35.5 Å². The van der Waals surface area contributed by atoms with Gasteiger partial charge in [-0.15, -0.1) is 0 Å². The van der Waals surface area contributed by atoms with Crippen LogP contribution >= 0.6 is 0 Å². The molecular formula is C28H53N3O2. The number of aliphatic hydroxyl groups is 2. The van der Waals surface area contributed by atoms with Gasteiger partial charge in [0, 0.05) is 12.6 Å². The molecule has 4 aliphatic carbocycles. The first-order valence-electron chi connectivity index (χ1n) is 14.6. The highest BCUT2D eigenvalue weighted by Crippen LogP contribution is 2.51. The lowest BCUT2D eigenvalue weighted by molar-refractivity contribution is 0.0585. The van der Waals surface area contributed by atoms with E-state index in [0.717, 1.165) is 68.0 Å². The second kappa shape index (κ2) is 13.2. The maximum absolute atomic E-state index is 9.87. The predicted octanol–water partition coefficient (Wildman–Crippen LogP) is 3.77. The van der Waals surface area contributed by atoms with E-state index in [-0.39, 0.29) is 6.61 Å². The number of rotatable bonds is 17. The van der Waals surface area contributed by atoms with Gasteiger partial charge in [-0.25, -0.2) is 0 Å². The van der Waals surface area contributed by atoms with Gasteiger partial charge in [0.2, 0.25) is 0 Å². The summed E-state index contributed by atoms with van der Waals surface area (Å²) in [6, 6.07) is 0.684. The van der Waals surface area contributed by atoms with Crippen LogP contribution in [0.15, 0.2) is 0 Å². The van der Waals surface area contributed by atoms with Crippen LogP contribution in [0.4, 0.5) is 0 Å². The maximum Gasteiger partial charge on any atom is 0.0897 e. The summed E-state index contributed by atoms with van der Waals surface area (Å²) in [7, 11) is 0. The third-order valence-corrected chi connectivity index (χ3v) is 9.98. The molecule has 0 aromatic rings. The minimum Gasteiger partial charge on any atom is -0.394 e. The number of fused-ring (bicyclic) bond motifs is 4. The van der Waals surface area contributed by atoms with Gasteiger partial charge in [0.05, 0.1) is 12.7 Å². The number of hydrogen-bond donors (Lipinski definition) is 4. The van der Waals surface area contributed by atoms with E-state index in [4.69, 9.17) is 5.73 Å². The van der Waals surface area contributed by atoms with Crippen LogP contribution in [0.2, 0.25) is 0 Å². The number of hydrogen-bond acceptors (Lipinski definition) is 5. The molecule has 4 rings (SSSR count). The first-order chi connectivity index (χ1) is 16.1. The van der Waals surface area contributed by atoms with Crippen molar-refractivity contribution < 1.29 is 10.2 Å². The molecule has 0 saturated heterocycles. The van der Waals surface area contributed by atoms with Crippen LogP contribution in [0.3, 0.4) is 0 Å². The van der Waals surface area contributed by atoms with E-state index in [0.29, 0.717) is 19.1 Å². The summed E-state index contributed by atoms with van der Waals surface area (Å²) in [5.74, 6) is 6.26. The Kier molecular flexibility index (Phi) is 10.4. The van der Waals surface area contributed by atoms with Crippen molar-refractivity contribution in [2.45, 2.75) is 102 Å². The molecule has 0 radical (unpaired) electrons. The second-order valence-corrected chi connectivity index (χ2v) is 12.3. The van der Waals surface area contributed by atoms with Gasteiger partial charge in [0.1, 0.15) is 0 Å². The molecule has 0 spiro atoms. The Bertz CT molecular complexity index is 529. The molecule has 5 N–H and O–H groups in total. The molecule has 4 saturated carbocycles. The molecule has 0 aliphatic heterocycles. The average molecular weight is 464 g/mol. The normalized spacial score (nSPS) is 34.5. The zero-order valence-electron chi connectivity index (χ0n) is 21.2. The molecule has 33 heavy (non-hydrogen) atoms. The van der Waals surface area contributed by atoms with Gasteiger partial charge in [-0.05, 0) is 139 Å². The third kappa shape index (κ3) is 7.64. The minimum absolute atomic E-state index is 0.161. The van der Waals surface area contributed by atoms with E-state index in [9.17, 15) is 10.2 Å². The molecule has 4 bridgehead atoms. The Morgan fingerprint density at radius 3 is 1.94 bits per heavy atom. The highest BCUT2D eigenvalue weighted by atomic mass is 16.3. The predicted molar refractivity (Wildman–Crippen MR) is 136 cm³/mol. The summed E-state index contributed by atoms with van der Waals surface area (Å²) in [6.07, 6.45) is 19.2. The molecule has 5 nitrogen and oxygen atoms in total. The van der Waals surface area contributed by atoms with Crippen LogP contribution in [-0.4, -0.2) is 66.6 Å². The fourth-order valence-electron chi connectivity index (χ4n) is 8.21. The van der Waals surface area contributed by atoms with E-state index in [2.05, 4.69) is 10.2 Å². The third-order valence-electron chi connectivity index (χ3n) is 9.98. The Hall–Kier alpha value is -0.200. The van der Waals surface area contributed by atoms with Crippen molar-refractivity contribution in [3.8, 4) is 0 Å². The molecule has 192 valence electrons. The molecule has 0 amide bonds. The summed E-state index contributed by atoms with van der Waals surface area (Å²) >= 11 is 0. The van der Waals surface area contributed by atoms with Gasteiger partial charge in [0.25, 0.3) is 0 Å². The van der Waals surface area contributed by atoms with Crippen LogP contribution in [0.1, 0.15) is 89.9 Å². The van der Waals surface area contributed by atoms with Gasteiger partial charge >= 0.3 is 0 Å². The smallest absolute Gasteiger partial charge is 0.0897 e. The lowest BCUT2D eigenvalue weighted by atomic mass is 9.82. The summed E-state index contributed by atoms with van der Waals surface area (Å²) in [4.78, 5) is 2.27. The standard InChI is InChI=1S/C28H53N3O2/c29-11-1-13-31(19-28(33)20-32)14-2-12-30-27(9-7-25-17-21-3-5-23(25)15-21)10-8-26-18-22-4-6-24(26)16-22/h21-28,30,32-33H,1-20,29H2. The fourth-order valence-corrected chi connectivity index (χ4v) is 8.21. The fraction of sp³-hybridized carbons (Fsp3) is 1.00. The van der Waals surface area contributed by atoms with Crippen molar-refractivity contribution in [2.24, 2.45) is 41.2 Å². The van der Waals surface area contributed by atoms with Crippen molar-refractivity contribution in [3.63, 3.8) is 0 Å². The lowest BCUT2D eigenvalue weighted by Gasteiger charge is -2.28. The first kappa shape index (κ1) is 25.9. The summed E-state index contributed by atoms with van der Waals surface area (Å²) in [6.45, 7) is 4.01. The molecule has 5 heteroatoms. The van der Waals surface area contributed by atoms with E-state index in [1.807, 2.05) is 0 Å². The average Bonchev–Trinajstić information content (AvgIpc) is 3.63.